The van der Waals surface area contributed by atoms with E-state index in [2.05, 4.69) is 19.1 Å². The molecule has 34 heavy (non-hydrogen) atoms. The quantitative estimate of drug-likeness (QED) is 0.173. The van der Waals surface area contributed by atoms with E-state index in [4.69, 9.17) is 14.5 Å². The van der Waals surface area contributed by atoms with E-state index in [0.717, 1.165) is 13.8 Å². The number of hydrogen-bond acceptors (Lipinski definition) is 10. The average molecular weight is 556 g/mol. The van der Waals surface area contributed by atoms with E-state index in [-0.39, 0.29) is 10.8 Å². The number of hydrogen-bond donors (Lipinski definition) is 6. The summed E-state index contributed by atoms with van der Waals surface area (Å²) in [6.45, 7) is 1.99. The topological polar surface area (TPSA) is 244 Å². The van der Waals surface area contributed by atoms with Gasteiger partial charge in [0.05, 0.1) is 12.3 Å². The van der Waals surface area contributed by atoms with Gasteiger partial charge in [-0.1, -0.05) is 5.92 Å². The molecule has 7 atom stereocenters. The molecular weight excluding hydrogens is 539 g/mol. The van der Waals surface area contributed by atoms with Crippen molar-refractivity contribution in [2.24, 2.45) is 0 Å². The van der Waals surface area contributed by atoms with E-state index in [1.165, 1.54) is 4.98 Å². The average Bonchev–Trinajstić information content (AvgIpc) is 2.86. The number of aliphatic hydroxyl groups is 1. The fourth-order valence-electron chi connectivity index (χ4n) is 2.87. The number of nitrogens with one attached hydrogen (secondary N) is 1. The van der Waals surface area contributed by atoms with Crippen molar-refractivity contribution in [1.29, 1.82) is 0 Å². The number of aromatic nitrogens is 2. The Kier molecular flexibility index (Phi) is 8.28. The number of H-pyrrole nitrogens is 1. The Morgan fingerprint density at radius 1 is 1.21 bits per heavy atom. The zero-order chi connectivity index (χ0) is 26.3. The lowest BCUT2D eigenvalue weighted by Gasteiger charge is -2.25. The third-order valence-corrected chi connectivity index (χ3v) is 7.98. The van der Waals surface area contributed by atoms with Crippen LogP contribution in [0.1, 0.15) is 20.1 Å². The number of aliphatic hydroxyl groups excluding tert-OH is 1. The Morgan fingerprint density at radius 3 is 2.32 bits per heavy atom. The third-order valence-electron chi connectivity index (χ3n) is 4.06. The van der Waals surface area contributed by atoms with Gasteiger partial charge in [-0.25, -0.2) is 22.9 Å². The molecule has 1 saturated heterocycles. The van der Waals surface area contributed by atoms with Crippen molar-refractivity contribution in [2.75, 3.05) is 0 Å². The second kappa shape index (κ2) is 9.82. The van der Waals surface area contributed by atoms with Gasteiger partial charge in [-0.15, -0.1) is 5.92 Å². The number of rotatable bonds is 8. The van der Waals surface area contributed by atoms with Crippen molar-refractivity contribution >= 4 is 23.5 Å². The van der Waals surface area contributed by atoms with E-state index in [0.29, 0.717) is 0 Å². The predicted molar refractivity (Wildman–Crippen MR) is 103 cm³/mol. The van der Waals surface area contributed by atoms with E-state index in [1.54, 1.807) is 0 Å². The molecular formula is C13H17F2N2O14P3. The second-order valence-corrected chi connectivity index (χ2v) is 11.0. The van der Waals surface area contributed by atoms with Gasteiger partial charge >= 0.3 is 29.2 Å². The van der Waals surface area contributed by atoms with Crippen LogP contribution in [0.2, 0.25) is 0 Å². The molecule has 1 aliphatic rings. The van der Waals surface area contributed by atoms with Gasteiger partial charge in [0.15, 0.2) is 6.23 Å². The molecule has 0 saturated carbocycles. The maximum Gasteiger partial charge on any atom is 0.490 e. The normalized spacial score (nSPS) is 29.5. The number of halogens is 2. The number of aromatic amines is 1. The monoisotopic (exact) mass is 556 g/mol. The van der Waals surface area contributed by atoms with Crippen molar-refractivity contribution in [3.63, 3.8) is 0 Å². The first-order chi connectivity index (χ1) is 15.3. The first-order valence-electron chi connectivity index (χ1n) is 8.61. The third kappa shape index (κ3) is 6.55. The fraction of sp³-hybridized carbons (Fsp3) is 0.538. The molecule has 3 unspecified atom stereocenters. The van der Waals surface area contributed by atoms with Gasteiger partial charge in [0.1, 0.15) is 12.2 Å². The predicted octanol–water partition coefficient (Wildman–Crippen LogP) is -0.603. The van der Waals surface area contributed by atoms with Crippen LogP contribution in [0.5, 0.6) is 0 Å². The van der Waals surface area contributed by atoms with Crippen molar-refractivity contribution in [1.82, 2.24) is 9.55 Å². The Hall–Kier alpha value is -1.57. The van der Waals surface area contributed by atoms with Gasteiger partial charge in [-0.2, -0.15) is 13.0 Å². The fourth-order valence-corrected chi connectivity index (χ4v) is 6.07. The van der Waals surface area contributed by atoms with Crippen LogP contribution in [-0.2, 0) is 31.6 Å². The van der Waals surface area contributed by atoms with Gasteiger partial charge in [-0.3, -0.25) is 18.9 Å². The summed E-state index contributed by atoms with van der Waals surface area (Å²) < 4.78 is 80.4. The minimum atomic E-state index is -5.87. The first kappa shape index (κ1) is 28.7. The van der Waals surface area contributed by atoms with Gasteiger partial charge in [0, 0.05) is 0 Å². The van der Waals surface area contributed by atoms with Crippen LogP contribution in [-0.4, -0.2) is 58.2 Å². The van der Waals surface area contributed by atoms with E-state index in [9.17, 15) is 42.6 Å². The second-order valence-electron chi connectivity index (χ2n) is 6.59. The van der Waals surface area contributed by atoms with Gasteiger partial charge in [0.25, 0.3) is 5.56 Å². The number of nitrogens with zero attached hydrogens (tertiary/aromatic N) is 1. The molecule has 1 aliphatic heterocycles. The standard InChI is InChI=1S/C13H17F2N2O14P3/c1-3-4-13(15)9(18)8(28-11(13)17-5-7(14)10(19)16-12(17)20)6(2)29-33(24,25)31-34(26,27)30-32(21,22)23/h5-6,8-9,11,18H,1-2H3,(H,24,25)(H,26,27)(H,16,19,20)(H2,21,22,23)/t6-,8+,9-,11+,13?/m0/s1. The highest BCUT2D eigenvalue weighted by Gasteiger charge is 2.60. The maximum atomic E-state index is 15.6. The largest absolute Gasteiger partial charge is 0.490 e. The zero-order valence-corrected chi connectivity index (χ0v) is 19.5. The highest BCUT2D eigenvalue weighted by atomic mass is 31.3. The summed E-state index contributed by atoms with van der Waals surface area (Å²) in [6, 6.07) is 0. The molecule has 0 radical (unpaired) electrons. The van der Waals surface area contributed by atoms with E-state index < -0.39 is 70.7 Å². The first-order valence-corrected chi connectivity index (χ1v) is 13.1. The Bertz CT molecular complexity index is 1270. The molecule has 1 aromatic heterocycles. The lowest BCUT2D eigenvalue weighted by Crippen LogP contribution is -2.46. The molecule has 0 spiro atoms. The Balaban J connectivity index is 2.36. The van der Waals surface area contributed by atoms with Gasteiger partial charge in [-0.05, 0) is 13.8 Å². The van der Waals surface area contributed by atoms with Crippen LogP contribution in [0.3, 0.4) is 0 Å². The lowest BCUT2D eigenvalue weighted by atomic mass is 9.94. The minimum absolute atomic E-state index is 0.210. The Morgan fingerprint density at radius 2 is 1.79 bits per heavy atom. The summed E-state index contributed by atoms with van der Waals surface area (Å²) in [5.41, 5.74) is -5.99. The Labute approximate surface area is 187 Å². The van der Waals surface area contributed by atoms with Crippen LogP contribution < -0.4 is 11.2 Å². The lowest BCUT2D eigenvalue weighted by molar-refractivity contribution is -0.0783. The summed E-state index contributed by atoms with van der Waals surface area (Å²) in [4.78, 5) is 60.7. The summed E-state index contributed by atoms with van der Waals surface area (Å²) in [7, 11) is -17.2. The molecule has 0 bridgehead atoms. The van der Waals surface area contributed by atoms with Gasteiger partial charge < -0.3 is 29.4 Å². The van der Waals surface area contributed by atoms with Crippen LogP contribution in [0, 0.1) is 17.7 Å². The number of phosphoric ester groups is 1. The summed E-state index contributed by atoms with van der Waals surface area (Å²) in [6.07, 6.45) is -8.23. The summed E-state index contributed by atoms with van der Waals surface area (Å²) in [5.74, 6) is 2.49. The molecule has 6 N–H and O–H groups in total. The molecule has 192 valence electrons. The van der Waals surface area contributed by atoms with Crippen LogP contribution >= 0.6 is 23.5 Å². The SMILES string of the molecule is CC#CC1(F)[C@@H](O)[C@@H]([C@H](C)OP(=O)(O)OP(=O)(O)OP(=O)(O)O)O[C@H]1n1cc(F)c(=O)[nH]c1=O. The van der Waals surface area contributed by atoms with E-state index >= 15 is 4.39 Å². The number of ether oxygens (including phenoxy) is 1. The number of phosphoric acid groups is 3. The molecule has 0 aromatic carbocycles. The minimum Gasteiger partial charge on any atom is -0.386 e. The number of alkyl halides is 1. The molecule has 16 nitrogen and oxygen atoms in total. The molecule has 21 heteroatoms. The molecule has 2 rings (SSSR count). The van der Waals surface area contributed by atoms with Gasteiger partial charge in [0.2, 0.25) is 11.5 Å². The molecule has 2 heterocycles. The molecule has 1 fully saturated rings. The summed E-state index contributed by atoms with van der Waals surface area (Å²) in [5, 5.41) is 10.4. The molecule has 0 aliphatic carbocycles. The smallest absolute Gasteiger partial charge is 0.386 e. The summed E-state index contributed by atoms with van der Waals surface area (Å²) >= 11 is 0. The van der Waals surface area contributed by atoms with Crippen LogP contribution in [0.25, 0.3) is 0 Å². The van der Waals surface area contributed by atoms with E-state index in [1.807, 2.05) is 5.92 Å². The maximum absolute atomic E-state index is 15.6. The molecule has 1 aromatic rings. The van der Waals surface area contributed by atoms with Crippen LogP contribution in [0.4, 0.5) is 8.78 Å². The molecule has 0 amide bonds. The highest BCUT2D eigenvalue weighted by Crippen LogP contribution is 2.66. The van der Waals surface area contributed by atoms with Crippen molar-refractivity contribution in [3.05, 3.63) is 32.9 Å². The van der Waals surface area contributed by atoms with Crippen molar-refractivity contribution in [2.45, 2.75) is 44.1 Å². The van der Waals surface area contributed by atoms with Crippen molar-refractivity contribution in [3.8, 4) is 11.8 Å². The van der Waals surface area contributed by atoms with Crippen LogP contribution in [0.15, 0.2) is 15.8 Å². The highest BCUT2D eigenvalue weighted by molar-refractivity contribution is 7.66. The zero-order valence-electron chi connectivity index (χ0n) is 16.8. The van der Waals surface area contributed by atoms with Crippen molar-refractivity contribution < 1.29 is 65.0 Å².